The number of aromatic nitrogens is 3. The summed E-state index contributed by atoms with van der Waals surface area (Å²) >= 11 is 0. The predicted molar refractivity (Wildman–Crippen MR) is 140 cm³/mol. The molecule has 3 heterocycles. The van der Waals surface area contributed by atoms with Gasteiger partial charge < -0.3 is 29.3 Å². The van der Waals surface area contributed by atoms with Gasteiger partial charge in [-0.3, -0.25) is 4.79 Å². The summed E-state index contributed by atoms with van der Waals surface area (Å²) in [6.45, 7) is 2.01. The zero-order valence-electron chi connectivity index (χ0n) is 23.0. The van der Waals surface area contributed by atoms with Gasteiger partial charge in [-0.15, -0.1) is 0 Å². The number of aliphatic carboxylic acids is 2. The third-order valence-electron chi connectivity index (χ3n) is 5.78. The Morgan fingerprint density at radius 1 is 0.884 bits per heavy atom. The van der Waals surface area contributed by atoms with E-state index < -0.39 is 24.3 Å². The highest BCUT2D eigenvalue weighted by Gasteiger charge is 2.38. The molecule has 1 amide bonds. The number of pyridine rings is 1. The Kier molecular flexibility index (Phi) is 11.5. The zero-order chi connectivity index (χ0) is 32.5. The highest BCUT2D eigenvalue weighted by atomic mass is 19.4. The summed E-state index contributed by atoms with van der Waals surface area (Å²) in [7, 11) is 5.59. The molecule has 0 aliphatic carbocycles. The number of alkyl halides is 6. The average Bonchev–Trinajstić information content (AvgIpc) is 3.23. The van der Waals surface area contributed by atoms with E-state index >= 15 is 0 Å². The molecule has 3 aromatic rings. The van der Waals surface area contributed by atoms with Gasteiger partial charge in [0.2, 0.25) is 5.88 Å². The van der Waals surface area contributed by atoms with E-state index in [0.29, 0.717) is 31.1 Å². The van der Waals surface area contributed by atoms with E-state index in [1.165, 1.54) is 0 Å². The number of benzene rings is 1. The quantitative estimate of drug-likeness (QED) is 0.416. The summed E-state index contributed by atoms with van der Waals surface area (Å²) in [5.74, 6) is -3.88. The van der Waals surface area contributed by atoms with E-state index in [1.807, 2.05) is 66.5 Å². The lowest BCUT2D eigenvalue weighted by atomic mass is 10.1. The van der Waals surface area contributed by atoms with Crippen molar-refractivity contribution in [1.82, 2.24) is 19.4 Å². The smallest absolute Gasteiger partial charge is 0.481 e. The van der Waals surface area contributed by atoms with E-state index in [0.717, 1.165) is 29.2 Å². The first-order valence-corrected chi connectivity index (χ1v) is 12.2. The molecule has 234 valence electrons. The topological polar surface area (TPSA) is 138 Å². The van der Waals surface area contributed by atoms with Crippen LogP contribution >= 0.6 is 0 Å². The average molecular weight is 620 g/mol. The molecule has 11 nitrogen and oxygen atoms in total. The number of imidazole rings is 1. The van der Waals surface area contributed by atoms with Crippen LogP contribution in [0.4, 0.5) is 32.0 Å². The summed E-state index contributed by atoms with van der Waals surface area (Å²) in [5, 5.41) is 14.2. The lowest BCUT2D eigenvalue weighted by Gasteiger charge is -2.21. The van der Waals surface area contributed by atoms with Gasteiger partial charge in [0.05, 0.1) is 19.0 Å². The Balaban J connectivity index is 0.000000384. The molecule has 0 radical (unpaired) electrons. The molecule has 17 heteroatoms. The first kappa shape index (κ1) is 34.4. The SMILES string of the molecule is COc1cc(-c2cnc3n2CCN(C(=O)c2ccc(N(C)C)cc2)CC3)ccn1.O=C(O)C(F)(F)F.O=C(O)C(F)(F)F. The monoisotopic (exact) mass is 619 g/mol. The second kappa shape index (κ2) is 14.4. The standard InChI is InChI=1S/C22H25N5O2.2C2HF3O2/c1-25(2)18-6-4-16(5-7-18)22(28)26-11-9-20-24-15-19(27(20)13-12-26)17-8-10-23-21(14-17)29-3;2*3-2(4,5)1(6)7/h4-8,10,14-15H,9,11-13H2,1-3H3;2*(H,6,7). The molecule has 4 rings (SSSR count). The number of methoxy groups -OCH3 is 1. The van der Waals surface area contributed by atoms with Crippen LogP contribution in [0.2, 0.25) is 0 Å². The van der Waals surface area contributed by atoms with Gasteiger partial charge >= 0.3 is 24.3 Å². The Morgan fingerprint density at radius 2 is 1.44 bits per heavy atom. The fourth-order valence-electron chi connectivity index (χ4n) is 3.63. The maximum atomic E-state index is 13.0. The fraction of sp³-hybridized carbons (Fsp3) is 0.346. The Morgan fingerprint density at radius 3 is 1.93 bits per heavy atom. The molecule has 1 aromatic carbocycles. The number of hydrogen-bond acceptors (Lipinski definition) is 7. The minimum atomic E-state index is -5.08. The number of carbonyl (C=O) groups excluding carboxylic acids is 1. The number of fused-ring (bicyclic) bond motifs is 1. The molecule has 1 aliphatic rings. The van der Waals surface area contributed by atoms with Crippen molar-refractivity contribution in [1.29, 1.82) is 0 Å². The first-order chi connectivity index (χ1) is 19.9. The summed E-state index contributed by atoms with van der Waals surface area (Å²) < 4.78 is 70.9. The van der Waals surface area contributed by atoms with E-state index in [2.05, 4.69) is 14.5 Å². The zero-order valence-corrected chi connectivity index (χ0v) is 23.0. The second-order valence-electron chi connectivity index (χ2n) is 8.89. The van der Waals surface area contributed by atoms with E-state index in [4.69, 9.17) is 24.5 Å². The van der Waals surface area contributed by atoms with Crippen LogP contribution in [0.1, 0.15) is 16.2 Å². The van der Waals surface area contributed by atoms with Crippen molar-refractivity contribution in [3.05, 3.63) is 60.2 Å². The normalized spacial score (nSPS) is 12.8. The van der Waals surface area contributed by atoms with Crippen molar-refractivity contribution in [2.45, 2.75) is 25.3 Å². The molecule has 2 aromatic heterocycles. The maximum absolute atomic E-state index is 13.0. The first-order valence-electron chi connectivity index (χ1n) is 12.2. The summed E-state index contributed by atoms with van der Waals surface area (Å²) in [6.07, 6.45) is -5.82. The number of amides is 1. The highest BCUT2D eigenvalue weighted by molar-refractivity contribution is 5.94. The molecule has 0 saturated heterocycles. The molecule has 0 bridgehead atoms. The Labute approximate surface area is 240 Å². The van der Waals surface area contributed by atoms with Gasteiger partial charge in [0.15, 0.2) is 0 Å². The van der Waals surface area contributed by atoms with E-state index in [-0.39, 0.29) is 5.91 Å². The van der Waals surface area contributed by atoms with Crippen LogP contribution in [-0.4, -0.2) is 94.1 Å². The van der Waals surface area contributed by atoms with Crippen LogP contribution in [0, 0.1) is 0 Å². The van der Waals surface area contributed by atoms with Crippen molar-refractivity contribution >= 4 is 23.5 Å². The molecule has 0 fully saturated rings. The van der Waals surface area contributed by atoms with Crippen molar-refractivity contribution < 1.29 is 55.7 Å². The molecular weight excluding hydrogens is 592 g/mol. The molecule has 43 heavy (non-hydrogen) atoms. The van der Waals surface area contributed by atoms with Gasteiger partial charge in [-0.25, -0.2) is 19.6 Å². The molecule has 0 atom stereocenters. The number of halogens is 6. The van der Waals surface area contributed by atoms with Crippen LogP contribution in [-0.2, 0) is 22.6 Å². The van der Waals surface area contributed by atoms with Crippen LogP contribution in [0.15, 0.2) is 48.8 Å². The van der Waals surface area contributed by atoms with Crippen molar-refractivity contribution in [2.24, 2.45) is 0 Å². The Hall–Kier alpha value is -4.83. The fourth-order valence-corrected chi connectivity index (χ4v) is 3.63. The highest BCUT2D eigenvalue weighted by Crippen LogP contribution is 2.25. The van der Waals surface area contributed by atoms with E-state index in [9.17, 15) is 31.1 Å². The molecule has 0 spiro atoms. The van der Waals surface area contributed by atoms with Gasteiger partial charge in [0, 0.05) is 69.2 Å². The van der Waals surface area contributed by atoms with Crippen molar-refractivity contribution in [3.63, 3.8) is 0 Å². The lowest BCUT2D eigenvalue weighted by Crippen LogP contribution is -2.33. The van der Waals surface area contributed by atoms with Gasteiger partial charge in [0.1, 0.15) is 5.82 Å². The van der Waals surface area contributed by atoms with Gasteiger partial charge in [-0.2, -0.15) is 26.3 Å². The number of carboxylic acids is 2. The number of nitrogens with zero attached hydrogens (tertiary/aromatic N) is 5. The summed E-state index contributed by atoms with van der Waals surface area (Å²) in [6, 6.07) is 11.6. The minimum Gasteiger partial charge on any atom is -0.481 e. The maximum Gasteiger partial charge on any atom is 0.490 e. The number of ether oxygens (including phenoxy) is 1. The van der Waals surface area contributed by atoms with Gasteiger partial charge in [0.25, 0.3) is 5.91 Å². The van der Waals surface area contributed by atoms with E-state index in [1.54, 1.807) is 13.3 Å². The third-order valence-corrected chi connectivity index (χ3v) is 5.78. The number of carboxylic acid groups (broad SMARTS) is 2. The number of anilines is 1. The van der Waals surface area contributed by atoms with Crippen molar-refractivity contribution in [2.75, 3.05) is 39.2 Å². The Bertz CT molecular complexity index is 1380. The molecule has 0 saturated carbocycles. The number of hydrogen-bond donors (Lipinski definition) is 2. The molecular formula is C26H27F6N5O6. The van der Waals surface area contributed by atoms with Crippen LogP contribution in [0.5, 0.6) is 5.88 Å². The van der Waals surface area contributed by atoms with Crippen LogP contribution in [0.3, 0.4) is 0 Å². The number of rotatable bonds is 4. The lowest BCUT2D eigenvalue weighted by molar-refractivity contribution is -0.193. The minimum absolute atomic E-state index is 0.0631. The summed E-state index contributed by atoms with van der Waals surface area (Å²) in [5.41, 5.74) is 3.82. The molecule has 1 aliphatic heterocycles. The molecule has 2 N–H and O–H groups in total. The van der Waals surface area contributed by atoms with Gasteiger partial charge in [-0.05, 0) is 30.3 Å². The summed E-state index contributed by atoms with van der Waals surface area (Å²) in [4.78, 5) is 43.5. The van der Waals surface area contributed by atoms with Crippen LogP contribution in [0.25, 0.3) is 11.3 Å². The van der Waals surface area contributed by atoms with Crippen LogP contribution < -0.4 is 9.64 Å². The predicted octanol–water partition coefficient (Wildman–Crippen LogP) is 3.98. The van der Waals surface area contributed by atoms with Crippen molar-refractivity contribution in [3.8, 4) is 17.1 Å². The number of carbonyl (C=O) groups is 3. The second-order valence-corrected chi connectivity index (χ2v) is 8.89. The molecule has 0 unspecified atom stereocenters. The van der Waals surface area contributed by atoms with Gasteiger partial charge in [-0.1, -0.05) is 0 Å². The largest absolute Gasteiger partial charge is 0.490 e. The third kappa shape index (κ3) is 9.89.